The van der Waals surface area contributed by atoms with Crippen molar-refractivity contribution in [1.82, 2.24) is 0 Å². The molecule has 0 atom stereocenters. The molecule has 0 radical (unpaired) electrons. The highest BCUT2D eigenvalue weighted by Crippen LogP contribution is 2.19. The Morgan fingerprint density at radius 1 is 0.545 bits per heavy atom. The average molecular weight is 579 g/mol. The number of benzene rings is 4. The maximum Gasteiger partial charge on any atom is -0.0227 e. The van der Waals surface area contributed by atoms with Crippen molar-refractivity contribution in [1.29, 1.82) is 0 Å². The molecule has 4 rings (SSSR count). The van der Waals surface area contributed by atoms with Crippen LogP contribution in [0.25, 0.3) is 23.8 Å². The molecule has 0 N–H and O–H groups in total. The van der Waals surface area contributed by atoms with Gasteiger partial charge in [0.05, 0.1) is 0 Å². The number of hydrogen-bond donors (Lipinski definition) is 0. The number of allylic oxidation sites excluding steroid dienone is 5. The van der Waals surface area contributed by atoms with E-state index in [1.54, 1.807) is 0 Å². The van der Waals surface area contributed by atoms with Gasteiger partial charge in [0.15, 0.2) is 0 Å². The molecule has 0 aliphatic rings. The van der Waals surface area contributed by atoms with Gasteiger partial charge < -0.3 is 0 Å². The molecule has 0 heterocycles. The molecule has 0 amide bonds. The fraction of sp³-hybridized carbons (Fsp3) is 0.273. The zero-order valence-electron chi connectivity index (χ0n) is 27.4. The maximum absolute atomic E-state index is 2.36. The lowest BCUT2D eigenvalue weighted by molar-refractivity contribution is 0.593. The molecule has 4 aromatic rings. The first-order valence-corrected chi connectivity index (χ1v) is 16.5. The van der Waals surface area contributed by atoms with Crippen LogP contribution < -0.4 is 0 Å². The van der Waals surface area contributed by atoms with Crippen LogP contribution in [0, 0.1) is 13.8 Å². The summed E-state index contributed by atoms with van der Waals surface area (Å²) in [4.78, 5) is 0. The van der Waals surface area contributed by atoms with E-state index < -0.39 is 0 Å². The van der Waals surface area contributed by atoms with Crippen molar-refractivity contribution in [3.63, 3.8) is 0 Å². The molecule has 0 heteroatoms. The lowest BCUT2D eigenvalue weighted by Crippen LogP contribution is -1.91. The number of rotatable bonds is 15. The van der Waals surface area contributed by atoms with E-state index in [1.807, 2.05) is 6.07 Å². The molecule has 0 aliphatic carbocycles. The van der Waals surface area contributed by atoms with Crippen molar-refractivity contribution in [3.8, 4) is 0 Å². The van der Waals surface area contributed by atoms with E-state index in [-0.39, 0.29) is 0 Å². The predicted molar refractivity (Wildman–Crippen MR) is 196 cm³/mol. The van der Waals surface area contributed by atoms with Gasteiger partial charge in [-0.05, 0) is 97.9 Å². The van der Waals surface area contributed by atoms with Crippen LogP contribution in [0.4, 0.5) is 0 Å². The summed E-state index contributed by atoms with van der Waals surface area (Å²) in [6, 6.07) is 35.2. The first kappa shape index (κ1) is 32.7. The summed E-state index contributed by atoms with van der Waals surface area (Å²) in [5.41, 5.74) is 13.2. The third-order valence-corrected chi connectivity index (χ3v) is 8.41. The van der Waals surface area contributed by atoms with Crippen molar-refractivity contribution >= 4 is 23.8 Å². The molecular formula is C44H50. The minimum Gasteiger partial charge on any atom is -0.0622 e. The standard InChI is InChI=1S/C44H50/c1-35(20-23-39-14-11-9-12-15-39)18-21-37(3)43-32-30-42(31-33-43)29-28-41-26-24-40(25-27-41)16-10-7-5-6-8-13-17-44-34-36(2)19-22-38(44)4/h9,11-12,14-15,18-34H,5-8,10,13,16-17H2,1-4H3. The molecule has 0 fully saturated rings. The summed E-state index contributed by atoms with van der Waals surface area (Å²) in [7, 11) is 0. The van der Waals surface area contributed by atoms with Crippen LogP contribution in [0.5, 0.6) is 0 Å². The third kappa shape index (κ3) is 11.5. The number of aryl methyl sites for hydroxylation is 4. The highest BCUT2D eigenvalue weighted by atomic mass is 14.1. The van der Waals surface area contributed by atoms with Gasteiger partial charge in [0.1, 0.15) is 0 Å². The van der Waals surface area contributed by atoms with Crippen LogP contribution in [0.3, 0.4) is 0 Å². The second-order valence-corrected chi connectivity index (χ2v) is 12.3. The zero-order chi connectivity index (χ0) is 31.0. The summed E-state index contributed by atoms with van der Waals surface area (Å²) in [5.74, 6) is 0. The van der Waals surface area contributed by atoms with Crippen molar-refractivity contribution in [2.24, 2.45) is 0 Å². The smallest absolute Gasteiger partial charge is 0.0227 e. The molecule has 4 aromatic carbocycles. The van der Waals surface area contributed by atoms with E-state index in [0.29, 0.717) is 0 Å². The van der Waals surface area contributed by atoms with Crippen molar-refractivity contribution in [3.05, 3.63) is 165 Å². The highest BCUT2D eigenvalue weighted by molar-refractivity contribution is 5.72. The van der Waals surface area contributed by atoms with E-state index >= 15 is 0 Å². The summed E-state index contributed by atoms with van der Waals surface area (Å²) in [6.45, 7) is 8.75. The van der Waals surface area contributed by atoms with Gasteiger partial charge in [-0.2, -0.15) is 0 Å². The van der Waals surface area contributed by atoms with Crippen LogP contribution in [0.15, 0.2) is 121 Å². The minimum absolute atomic E-state index is 1.18. The summed E-state index contributed by atoms with van der Waals surface area (Å²) < 4.78 is 0. The number of unbranched alkanes of at least 4 members (excludes halogenated alkanes) is 5. The summed E-state index contributed by atoms with van der Waals surface area (Å²) >= 11 is 0. The number of hydrogen-bond acceptors (Lipinski definition) is 0. The Balaban J connectivity index is 1.14. The Morgan fingerprint density at radius 3 is 1.82 bits per heavy atom. The third-order valence-electron chi connectivity index (χ3n) is 8.41. The Labute approximate surface area is 267 Å². The molecule has 0 bridgehead atoms. The average Bonchev–Trinajstić information content (AvgIpc) is 3.05. The fourth-order valence-corrected chi connectivity index (χ4v) is 5.47. The molecule has 0 nitrogen and oxygen atoms in total. The second-order valence-electron chi connectivity index (χ2n) is 12.3. The van der Waals surface area contributed by atoms with Crippen LogP contribution >= 0.6 is 0 Å². The van der Waals surface area contributed by atoms with Crippen LogP contribution in [0.2, 0.25) is 0 Å². The van der Waals surface area contributed by atoms with Crippen LogP contribution in [-0.4, -0.2) is 0 Å². The van der Waals surface area contributed by atoms with E-state index in [1.165, 1.54) is 107 Å². The highest BCUT2D eigenvalue weighted by Gasteiger charge is 2.00. The second kappa shape index (κ2) is 17.8. The summed E-state index contributed by atoms with van der Waals surface area (Å²) in [6.07, 6.45) is 23.5. The Morgan fingerprint density at radius 2 is 1.14 bits per heavy atom. The van der Waals surface area contributed by atoms with Gasteiger partial charge in [-0.1, -0.05) is 170 Å². The van der Waals surface area contributed by atoms with Crippen LogP contribution in [-0.2, 0) is 12.8 Å². The zero-order valence-corrected chi connectivity index (χ0v) is 27.4. The molecule has 0 saturated heterocycles. The molecule has 0 aromatic heterocycles. The lowest BCUT2D eigenvalue weighted by Gasteiger charge is -2.07. The molecular weight excluding hydrogens is 528 g/mol. The Hall–Kier alpha value is -4.16. The monoisotopic (exact) mass is 578 g/mol. The maximum atomic E-state index is 2.36. The van der Waals surface area contributed by atoms with Crippen LogP contribution in [0.1, 0.15) is 96.9 Å². The van der Waals surface area contributed by atoms with Gasteiger partial charge in [0.2, 0.25) is 0 Å². The van der Waals surface area contributed by atoms with Gasteiger partial charge in [-0.3, -0.25) is 0 Å². The normalized spacial score (nSPS) is 12.5. The molecule has 0 saturated carbocycles. The topological polar surface area (TPSA) is 0 Å². The van der Waals surface area contributed by atoms with Crippen molar-refractivity contribution in [2.45, 2.75) is 79.1 Å². The summed E-state index contributed by atoms with van der Waals surface area (Å²) in [5, 5.41) is 0. The first-order valence-electron chi connectivity index (χ1n) is 16.5. The van der Waals surface area contributed by atoms with E-state index in [9.17, 15) is 0 Å². The Bertz CT molecular complexity index is 1540. The van der Waals surface area contributed by atoms with Gasteiger partial charge in [0, 0.05) is 0 Å². The molecule has 44 heavy (non-hydrogen) atoms. The predicted octanol–water partition coefficient (Wildman–Crippen LogP) is 12.7. The van der Waals surface area contributed by atoms with Crippen molar-refractivity contribution < 1.29 is 0 Å². The van der Waals surface area contributed by atoms with Gasteiger partial charge in [-0.25, -0.2) is 0 Å². The van der Waals surface area contributed by atoms with E-state index in [4.69, 9.17) is 0 Å². The quantitative estimate of drug-likeness (QED) is 0.0747. The van der Waals surface area contributed by atoms with E-state index in [0.717, 1.165) is 0 Å². The lowest BCUT2D eigenvalue weighted by atomic mass is 9.99. The first-order chi connectivity index (χ1) is 21.5. The molecule has 0 spiro atoms. The molecule has 0 unspecified atom stereocenters. The Kier molecular flexibility index (Phi) is 13.3. The molecule has 226 valence electrons. The van der Waals surface area contributed by atoms with Crippen molar-refractivity contribution in [2.75, 3.05) is 0 Å². The largest absolute Gasteiger partial charge is 0.0622 e. The fourth-order valence-electron chi connectivity index (χ4n) is 5.47. The van der Waals surface area contributed by atoms with Gasteiger partial charge in [-0.15, -0.1) is 0 Å². The van der Waals surface area contributed by atoms with Gasteiger partial charge in [0.25, 0.3) is 0 Å². The molecule has 0 aliphatic heterocycles. The minimum atomic E-state index is 1.18. The van der Waals surface area contributed by atoms with Gasteiger partial charge >= 0.3 is 0 Å². The van der Waals surface area contributed by atoms with E-state index in [2.05, 4.69) is 155 Å². The SMILES string of the molecule is CC(C=Cc1ccccc1)=CC=C(C)c1ccc(C=Cc2ccc(CCCCCCCCc3cc(C)ccc3C)cc2)cc1.